The van der Waals surface area contributed by atoms with E-state index in [2.05, 4.69) is 17.0 Å². The summed E-state index contributed by atoms with van der Waals surface area (Å²) in [7, 11) is 1.68. The molecular weight excluding hydrogens is 444 g/mol. The van der Waals surface area contributed by atoms with Gasteiger partial charge in [-0.2, -0.15) is 0 Å². The number of aryl methyl sites for hydroxylation is 1. The van der Waals surface area contributed by atoms with Crippen molar-refractivity contribution < 1.29 is 14.3 Å². The molecule has 0 radical (unpaired) electrons. The Labute approximate surface area is 198 Å². The molecule has 168 valence electrons. The van der Waals surface area contributed by atoms with Crippen molar-refractivity contribution in [2.45, 2.75) is 20.1 Å². The van der Waals surface area contributed by atoms with E-state index in [0.717, 1.165) is 65.2 Å². The number of thiophene rings is 1. The van der Waals surface area contributed by atoms with Crippen LogP contribution in [0.4, 0.5) is 0 Å². The summed E-state index contributed by atoms with van der Waals surface area (Å²) in [5, 5.41) is 2.72. The summed E-state index contributed by atoms with van der Waals surface area (Å²) < 4.78 is 11.2. The average molecular weight is 471 g/mol. The molecule has 1 aliphatic heterocycles. The van der Waals surface area contributed by atoms with E-state index in [0.29, 0.717) is 6.61 Å². The highest BCUT2D eigenvalue weighted by molar-refractivity contribution is 7.12. The number of carbonyl (C=O) groups is 1. The highest BCUT2D eigenvalue weighted by atomic mass is 35.5. The van der Waals surface area contributed by atoms with E-state index in [1.807, 2.05) is 53.6 Å². The Balaban J connectivity index is 1.28. The van der Waals surface area contributed by atoms with Gasteiger partial charge in [0, 0.05) is 43.3 Å². The Kier molecular flexibility index (Phi) is 7.35. The number of piperazine rings is 1. The molecule has 2 heterocycles. The highest BCUT2D eigenvalue weighted by Crippen LogP contribution is 2.24. The lowest BCUT2D eigenvalue weighted by Gasteiger charge is -2.34. The summed E-state index contributed by atoms with van der Waals surface area (Å²) in [6, 6.07) is 15.7. The molecule has 2 aromatic carbocycles. The number of methoxy groups -OCH3 is 1. The maximum atomic E-state index is 13.0. The van der Waals surface area contributed by atoms with Crippen molar-refractivity contribution in [2.24, 2.45) is 0 Å². The van der Waals surface area contributed by atoms with Crippen molar-refractivity contribution in [3.8, 4) is 11.5 Å². The standard InChI is InChI=1S/C25H27ClN2O3S/c1-18-12-22(6-7-23(18)26)31-16-20-14-24(32-17-20)25(29)28-10-8-27(9-11-28)15-19-4-3-5-21(13-19)30-2/h3-7,12-14,17H,8-11,15-16H2,1-2H3. The number of hydrogen-bond donors (Lipinski definition) is 0. The predicted octanol–water partition coefficient (Wildman–Crippen LogP) is 5.26. The zero-order chi connectivity index (χ0) is 22.5. The molecule has 0 bridgehead atoms. The minimum atomic E-state index is 0.101. The third-order valence-corrected chi connectivity index (χ3v) is 6.99. The fraction of sp³-hybridized carbons (Fsp3) is 0.320. The second kappa shape index (κ2) is 10.4. The minimum absolute atomic E-state index is 0.101. The van der Waals surface area contributed by atoms with Gasteiger partial charge >= 0.3 is 0 Å². The SMILES string of the molecule is COc1cccc(CN2CCN(C(=O)c3cc(COc4ccc(Cl)c(C)c4)cs3)CC2)c1. The molecule has 1 saturated heterocycles. The van der Waals surface area contributed by atoms with Gasteiger partial charge in [-0.15, -0.1) is 11.3 Å². The number of ether oxygens (including phenoxy) is 2. The van der Waals surface area contributed by atoms with Crippen molar-refractivity contribution in [3.63, 3.8) is 0 Å². The Morgan fingerprint density at radius 2 is 1.84 bits per heavy atom. The van der Waals surface area contributed by atoms with E-state index in [1.54, 1.807) is 7.11 Å². The summed E-state index contributed by atoms with van der Waals surface area (Å²) >= 11 is 7.55. The number of hydrogen-bond acceptors (Lipinski definition) is 5. The van der Waals surface area contributed by atoms with Gasteiger partial charge < -0.3 is 14.4 Å². The Bertz CT molecular complexity index is 1080. The molecule has 5 nitrogen and oxygen atoms in total. The molecule has 1 amide bonds. The molecule has 3 aromatic rings. The molecular formula is C25H27ClN2O3S. The Hall–Kier alpha value is -2.54. The van der Waals surface area contributed by atoms with E-state index < -0.39 is 0 Å². The monoisotopic (exact) mass is 470 g/mol. The van der Waals surface area contributed by atoms with Crippen molar-refractivity contribution >= 4 is 28.8 Å². The first-order chi connectivity index (χ1) is 15.5. The lowest BCUT2D eigenvalue weighted by molar-refractivity contribution is 0.0633. The van der Waals surface area contributed by atoms with Crippen LogP contribution in [0, 0.1) is 6.92 Å². The molecule has 1 fully saturated rings. The van der Waals surface area contributed by atoms with Gasteiger partial charge in [-0.3, -0.25) is 9.69 Å². The van der Waals surface area contributed by atoms with E-state index in [1.165, 1.54) is 16.9 Å². The highest BCUT2D eigenvalue weighted by Gasteiger charge is 2.23. The minimum Gasteiger partial charge on any atom is -0.497 e. The smallest absolute Gasteiger partial charge is 0.264 e. The van der Waals surface area contributed by atoms with Crippen LogP contribution < -0.4 is 9.47 Å². The maximum Gasteiger partial charge on any atom is 0.264 e. The van der Waals surface area contributed by atoms with Crippen LogP contribution >= 0.6 is 22.9 Å². The first-order valence-electron chi connectivity index (χ1n) is 10.6. The van der Waals surface area contributed by atoms with Gasteiger partial charge in [-0.25, -0.2) is 0 Å². The van der Waals surface area contributed by atoms with Gasteiger partial charge in [0.1, 0.15) is 18.1 Å². The number of benzene rings is 2. The van der Waals surface area contributed by atoms with Crippen LogP contribution in [0.3, 0.4) is 0 Å². The number of carbonyl (C=O) groups excluding carboxylic acids is 1. The third kappa shape index (κ3) is 5.63. The number of nitrogens with zero attached hydrogens (tertiary/aromatic N) is 2. The first-order valence-corrected chi connectivity index (χ1v) is 11.9. The van der Waals surface area contributed by atoms with E-state index >= 15 is 0 Å². The third-order valence-electron chi connectivity index (χ3n) is 5.60. The van der Waals surface area contributed by atoms with Crippen LogP contribution in [-0.4, -0.2) is 49.0 Å². The van der Waals surface area contributed by atoms with Crippen LogP contribution in [-0.2, 0) is 13.2 Å². The zero-order valence-electron chi connectivity index (χ0n) is 18.3. The van der Waals surface area contributed by atoms with E-state index in [4.69, 9.17) is 21.1 Å². The fourth-order valence-electron chi connectivity index (χ4n) is 3.73. The molecule has 1 aliphatic rings. The molecule has 4 rings (SSSR count). The molecule has 0 saturated carbocycles. The molecule has 0 aliphatic carbocycles. The normalized spacial score (nSPS) is 14.4. The Morgan fingerprint density at radius 1 is 1.03 bits per heavy atom. The predicted molar refractivity (Wildman–Crippen MR) is 129 cm³/mol. The lowest BCUT2D eigenvalue weighted by atomic mass is 10.2. The largest absolute Gasteiger partial charge is 0.497 e. The Morgan fingerprint density at radius 3 is 2.59 bits per heavy atom. The summed E-state index contributed by atoms with van der Waals surface area (Å²) in [4.78, 5) is 18.0. The maximum absolute atomic E-state index is 13.0. The molecule has 1 aromatic heterocycles. The van der Waals surface area contributed by atoms with Crippen molar-refractivity contribution in [1.82, 2.24) is 9.80 Å². The van der Waals surface area contributed by atoms with Crippen LogP contribution in [0.5, 0.6) is 11.5 Å². The van der Waals surface area contributed by atoms with Gasteiger partial charge in [0.05, 0.1) is 12.0 Å². The number of amides is 1. The summed E-state index contributed by atoms with van der Waals surface area (Å²) in [5.41, 5.74) is 3.21. The number of rotatable bonds is 7. The fourth-order valence-corrected chi connectivity index (χ4v) is 4.71. The van der Waals surface area contributed by atoms with Crippen LogP contribution in [0.1, 0.15) is 26.4 Å². The van der Waals surface area contributed by atoms with E-state index in [9.17, 15) is 4.79 Å². The molecule has 0 spiro atoms. The molecule has 0 unspecified atom stereocenters. The summed E-state index contributed by atoms with van der Waals surface area (Å²) in [6.45, 7) is 6.43. The van der Waals surface area contributed by atoms with Gasteiger partial charge in [0.25, 0.3) is 5.91 Å². The van der Waals surface area contributed by atoms with Crippen molar-refractivity contribution in [3.05, 3.63) is 80.5 Å². The second-order valence-corrected chi connectivity index (χ2v) is 9.26. The molecule has 7 heteroatoms. The second-order valence-electron chi connectivity index (χ2n) is 7.94. The average Bonchev–Trinajstić information content (AvgIpc) is 3.29. The summed E-state index contributed by atoms with van der Waals surface area (Å²) in [5.74, 6) is 1.75. The van der Waals surface area contributed by atoms with Gasteiger partial charge in [-0.1, -0.05) is 23.7 Å². The van der Waals surface area contributed by atoms with Crippen molar-refractivity contribution in [1.29, 1.82) is 0 Å². The molecule has 0 N–H and O–H groups in total. The van der Waals surface area contributed by atoms with E-state index in [-0.39, 0.29) is 5.91 Å². The van der Waals surface area contributed by atoms with Crippen LogP contribution in [0.15, 0.2) is 53.9 Å². The molecule has 32 heavy (non-hydrogen) atoms. The number of halogens is 1. The van der Waals surface area contributed by atoms with Crippen molar-refractivity contribution in [2.75, 3.05) is 33.3 Å². The quantitative estimate of drug-likeness (QED) is 0.472. The van der Waals surface area contributed by atoms with Gasteiger partial charge in [-0.05, 0) is 59.8 Å². The van der Waals surface area contributed by atoms with Gasteiger partial charge in [0.15, 0.2) is 0 Å². The topological polar surface area (TPSA) is 42.0 Å². The summed E-state index contributed by atoms with van der Waals surface area (Å²) in [6.07, 6.45) is 0. The zero-order valence-corrected chi connectivity index (χ0v) is 19.9. The van der Waals surface area contributed by atoms with Crippen LogP contribution in [0.2, 0.25) is 5.02 Å². The van der Waals surface area contributed by atoms with Gasteiger partial charge in [0.2, 0.25) is 0 Å². The first kappa shape index (κ1) is 22.6. The van der Waals surface area contributed by atoms with Crippen LogP contribution in [0.25, 0.3) is 0 Å². The molecule has 0 atom stereocenters. The lowest BCUT2D eigenvalue weighted by Crippen LogP contribution is -2.48.